The summed E-state index contributed by atoms with van der Waals surface area (Å²) in [6.07, 6.45) is 1.88. The lowest BCUT2D eigenvalue weighted by Crippen LogP contribution is -2.30. The Morgan fingerprint density at radius 3 is 2.60 bits per heavy atom. The second-order valence-electron chi connectivity index (χ2n) is 8.89. The van der Waals surface area contributed by atoms with Crippen LogP contribution in [0.5, 0.6) is 11.5 Å². The molecule has 30 heavy (non-hydrogen) atoms. The van der Waals surface area contributed by atoms with Crippen LogP contribution in [0.1, 0.15) is 60.5 Å². The molecule has 2 aliphatic heterocycles. The molecule has 160 valence electrons. The summed E-state index contributed by atoms with van der Waals surface area (Å²) in [5, 5.41) is 3.66. The predicted molar refractivity (Wildman–Crippen MR) is 118 cm³/mol. The van der Waals surface area contributed by atoms with Crippen LogP contribution in [0.3, 0.4) is 0 Å². The molecule has 2 aromatic rings. The fourth-order valence-corrected chi connectivity index (χ4v) is 4.83. The Hall–Kier alpha value is -2.54. The molecule has 1 saturated heterocycles. The Morgan fingerprint density at radius 1 is 1.13 bits per heavy atom. The summed E-state index contributed by atoms with van der Waals surface area (Å²) < 4.78 is 11.3. The molecule has 7 heteroatoms. The molecule has 1 aromatic heterocycles. The molecule has 0 saturated carbocycles. The number of hydrogen-bond donors (Lipinski definition) is 1. The number of carbonyl (C=O) groups is 2. The monoisotopic (exact) mass is 428 g/mol. The zero-order valence-electron chi connectivity index (χ0n) is 17.9. The highest BCUT2D eigenvalue weighted by Gasteiger charge is 2.33. The molecule has 1 N–H and O–H groups in total. The lowest BCUT2D eigenvalue weighted by molar-refractivity contribution is -0.123. The van der Waals surface area contributed by atoms with Gasteiger partial charge in [-0.1, -0.05) is 26.8 Å². The number of aryl methyl sites for hydroxylation is 1. The van der Waals surface area contributed by atoms with Crippen LogP contribution in [0.2, 0.25) is 0 Å². The van der Waals surface area contributed by atoms with Crippen LogP contribution < -0.4 is 14.8 Å². The van der Waals surface area contributed by atoms with Crippen LogP contribution in [-0.2, 0) is 4.79 Å². The van der Waals surface area contributed by atoms with Crippen LogP contribution >= 0.6 is 11.3 Å². The number of fused-ring (bicyclic) bond motifs is 1. The summed E-state index contributed by atoms with van der Waals surface area (Å²) in [5.41, 5.74) is 1.47. The van der Waals surface area contributed by atoms with Gasteiger partial charge in [0.1, 0.15) is 13.2 Å². The van der Waals surface area contributed by atoms with Gasteiger partial charge in [0, 0.05) is 12.0 Å². The van der Waals surface area contributed by atoms with Crippen molar-refractivity contribution in [2.75, 3.05) is 25.1 Å². The van der Waals surface area contributed by atoms with Crippen molar-refractivity contribution >= 4 is 28.2 Å². The number of rotatable bonds is 3. The van der Waals surface area contributed by atoms with E-state index in [1.165, 1.54) is 11.3 Å². The molecule has 1 aromatic carbocycles. The Kier molecular flexibility index (Phi) is 5.49. The van der Waals surface area contributed by atoms with Crippen LogP contribution in [0.4, 0.5) is 5.00 Å². The smallest absolute Gasteiger partial charge is 0.264 e. The maximum atomic E-state index is 13.4. The van der Waals surface area contributed by atoms with Gasteiger partial charge in [0.05, 0.1) is 15.9 Å². The molecule has 3 heterocycles. The molecular formula is C23H28N2O4S. The summed E-state index contributed by atoms with van der Waals surface area (Å²) >= 11 is 1.35. The number of nitrogens with one attached hydrogen (secondary N) is 1. The maximum absolute atomic E-state index is 13.4. The zero-order chi connectivity index (χ0) is 21.5. The highest BCUT2D eigenvalue weighted by Crippen LogP contribution is 2.40. The van der Waals surface area contributed by atoms with Crippen molar-refractivity contribution in [1.29, 1.82) is 0 Å². The number of likely N-dealkylation sites (tertiary alicyclic amines) is 1. The van der Waals surface area contributed by atoms with E-state index in [9.17, 15) is 9.59 Å². The Morgan fingerprint density at radius 2 is 1.87 bits per heavy atom. The van der Waals surface area contributed by atoms with E-state index in [4.69, 9.17) is 9.47 Å². The number of anilines is 1. The van der Waals surface area contributed by atoms with Gasteiger partial charge in [-0.05, 0) is 49.1 Å². The molecule has 0 spiro atoms. The first-order valence-corrected chi connectivity index (χ1v) is 11.2. The SMILES string of the molecule is Cc1cc(NC(=O)C(C)(C)C)sc1C(=O)N1CCC[C@@H]1c1ccc2c(c1)OCCO2. The molecule has 6 nitrogen and oxygen atoms in total. The number of carbonyl (C=O) groups excluding carboxylic acids is 2. The van der Waals surface area contributed by atoms with E-state index in [1.54, 1.807) is 0 Å². The van der Waals surface area contributed by atoms with Crippen molar-refractivity contribution in [3.63, 3.8) is 0 Å². The Balaban J connectivity index is 1.55. The van der Waals surface area contributed by atoms with Crippen LogP contribution in [0.15, 0.2) is 24.3 Å². The number of thiophene rings is 1. The van der Waals surface area contributed by atoms with Gasteiger partial charge in [-0.15, -0.1) is 11.3 Å². The quantitative estimate of drug-likeness (QED) is 0.763. The molecular weight excluding hydrogens is 400 g/mol. The van der Waals surface area contributed by atoms with Gasteiger partial charge >= 0.3 is 0 Å². The lowest BCUT2D eigenvalue weighted by atomic mass is 9.96. The van der Waals surface area contributed by atoms with Crippen molar-refractivity contribution in [3.8, 4) is 11.5 Å². The van der Waals surface area contributed by atoms with E-state index in [-0.39, 0.29) is 17.9 Å². The van der Waals surface area contributed by atoms with E-state index in [0.717, 1.165) is 42.0 Å². The molecule has 0 bridgehead atoms. The normalized spacial score (nSPS) is 18.4. The van der Waals surface area contributed by atoms with Gasteiger partial charge in [-0.25, -0.2) is 0 Å². The Labute approximate surface area is 181 Å². The van der Waals surface area contributed by atoms with E-state index in [2.05, 4.69) is 5.32 Å². The summed E-state index contributed by atoms with van der Waals surface area (Å²) in [6.45, 7) is 9.36. The fraction of sp³-hybridized carbons (Fsp3) is 0.478. The van der Waals surface area contributed by atoms with Crippen molar-refractivity contribution in [2.24, 2.45) is 5.41 Å². The first-order chi connectivity index (χ1) is 14.2. The largest absolute Gasteiger partial charge is 0.486 e. The third-order valence-corrected chi connectivity index (χ3v) is 6.64. The minimum absolute atomic E-state index is 0.0162. The standard InChI is InChI=1S/C23H28N2O4S/c1-14-12-19(24-22(27)23(2,3)4)30-20(14)21(26)25-9-5-6-16(25)15-7-8-17-18(13-15)29-11-10-28-17/h7-8,12-13,16H,5-6,9-11H2,1-4H3,(H,24,27)/t16-/m1/s1. The highest BCUT2D eigenvalue weighted by atomic mass is 32.1. The van der Waals surface area contributed by atoms with Crippen molar-refractivity contribution in [2.45, 2.75) is 46.6 Å². The summed E-state index contributed by atoms with van der Waals surface area (Å²) in [6, 6.07) is 7.86. The minimum atomic E-state index is -0.486. The molecule has 2 amide bonds. The molecule has 4 rings (SSSR count). The van der Waals surface area contributed by atoms with Gasteiger partial charge in [0.2, 0.25) is 5.91 Å². The molecule has 0 aliphatic carbocycles. The summed E-state index contributed by atoms with van der Waals surface area (Å²) in [4.78, 5) is 28.3. The number of benzene rings is 1. The molecule has 2 aliphatic rings. The molecule has 0 unspecified atom stereocenters. The topological polar surface area (TPSA) is 67.9 Å². The number of amides is 2. The predicted octanol–water partition coefficient (Wildman–Crippen LogP) is 4.79. The second-order valence-corrected chi connectivity index (χ2v) is 9.94. The number of nitrogens with zero attached hydrogens (tertiary/aromatic N) is 1. The first kappa shape index (κ1) is 20.7. The molecule has 1 fully saturated rings. The number of hydrogen-bond acceptors (Lipinski definition) is 5. The lowest BCUT2D eigenvalue weighted by Gasteiger charge is -2.26. The molecule has 1 atom stereocenters. The van der Waals surface area contributed by atoms with Crippen molar-refractivity contribution in [1.82, 2.24) is 4.90 Å². The highest BCUT2D eigenvalue weighted by molar-refractivity contribution is 7.18. The van der Waals surface area contributed by atoms with E-state index < -0.39 is 5.41 Å². The minimum Gasteiger partial charge on any atom is -0.486 e. The maximum Gasteiger partial charge on any atom is 0.264 e. The Bertz CT molecular complexity index is 976. The molecule has 0 radical (unpaired) electrons. The van der Waals surface area contributed by atoms with E-state index in [0.29, 0.717) is 23.1 Å². The van der Waals surface area contributed by atoms with E-state index in [1.807, 2.05) is 56.9 Å². The van der Waals surface area contributed by atoms with Crippen molar-refractivity contribution < 1.29 is 19.1 Å². The third-order valence-electron chi connectivity index (χ3n) is 5.49. The van der Waals surface area contributed by atoms with Gasteiger partial charge < -0.3 is 19.7 Å². The average Bonchev–Trinajstić information content (AvgIpc) is 3.33. The van der Waals surface area contributed by atoms with Gasteiger partial charge in [0.15, 0.2) is 11.5 Å². The van der Waals surface area contributed by atoms with Gasteiger partial charge in [-0.2, -0.15) is 0 Å². The first-order valence-electron chi connectivity index (χ1n) is 10.4. The zero-order valence-corrected chi connectivity index (χ0v) is 18.7. The average molecular weight is 429 g/mol. The van der Waals surface area contributed by atoms with Crippen LogP contribution in [-0.4, -0.2) is 36.5 Å². The summed E-state index contributed by atoms with van der Waals surface area (Å²) in [7, 11) is 0. The van der Waals surface area contributed by atoms with Crippen LogP contribution in [0, 0.1) is 12.3 Å². The van der Waals surface area contributed by atoms with Crippen molar-refractivity contribution in [3.05, 3.63) is 40.3 Å². The second kappa shape index (κ2) is 7.95. The van der Waals surface area contributed by atoms with Gasteiger partial charge in [0.25, 0.3) is 5.91 Å². The summed E-state index contributed by atoms with van der Waals surface area (Å²) in [5.74, 6) is 1.47. The van der Waals surface area contributed by atoms with E-state index >= 15 is 0 Å². The van der Waals surface area contributed by atoms with Gasteiger partial charge in [-0.3, -0.25) is 9.59 Å². The number of ether oxygens (including phenoxy) is 2. The van der Waals surface area contributed by atoms with Crippen LogP contribution in [0.25, 0.3) is 0 Å². The fourth-order valence-electron chi connectivity index (χ4n) is 3.81. The third kappa shape index (κ3) is 4.03.